The maximum absolute atomic E-state index is 12.0. The lowest BCUT2D eigenvalue weighted by Gasteiger charge is -2.38. The first kappa shape index (κ1) is 22.0. The van der Waals surface area contributed by atoms with Gasteiger partial charge in [0.05, 0.1) is 10.9 Å². The van der Waals surface area contributed by atoms with E-state index in [1.807, 2.05) is 24.3 Å². The van der Waals surface area contributed by atoms with Crippen LogP contribution in [0.15, 0.2) is 59.5 Å². The predicted octanol–water partition coefficient (Wildman–Crippen LogP) is 4.98. The van der Waals surface area contributed by atoms with Crippen LogP contribution in [0.2, 0.25) is 0 Å². The Morgan fingerprint density at radius 3 is 2.45 bits per heavy atom. The van der Waals surface area contributed by atoms with Crippen molar-refractivity contribution in [3.8, 4) is 0 Å². The molecule has 1 fully saturated rings. The van der Waals surface area contributed by atoms with Gasteiger partial charge in [0.25, 0.3) is 0 Å². The third-order valence-electron chi connectivity index (χ3n) is 7.34. The minimum Gasteiger partial charge on any atom is -0.465 e. The number of hydrogen-bond donors (Lipinski definition) is 3. The van der Waals surface area contributed by atoms with E-state index in [4.69, 9.17) is 5.14 Å². The minimum atomic E-state index is -3.76. The van der Waals surface area contributed by atoms with Crippen LogP contribution in [0, 0.1) is 5.92 Å². The van der Waals surface area contributed by atoms with E-state index in [1.165, 1.54) is 17.4 Å². The van der Waals surface area contributed by atoms with Crippen molar-refractivity contribution < 1.29 is 18.3 Å². The maximum Gasteiger partial charge on any atom is 0.412 e. The zero-order valence-corrected chi connectivity index (χ0v) is 19.2. The molecule has 1 aliphatic heterocycles. The molecule has 1 heterocycles. The Balaban J connectivity index is 1.44. The normalized spacial score (nSPS) is 24.6. The highest BCUT2D eigenvalue weighted by Crippen LogP contribution is 2.50. The van der Waals surface area contributed by atoms with Crippen LogP contribution in [-0.4, -0.2) is 25.7 Å². The number of primary sulfonamides is 1. The van der Waals surface area contributed by atoms with Crippen LogP contribution in [0.4, 0.5) is 16.2 Å². The van der Waals surface area contributed by atoms with Crippen molar-refractivity contribution in [1.29, 1.82) is 0 Å². The summed E-state index contributed by atoms with van der Waals surface area (Å²) in [5.41, 5.74) is 3.65. The number of carboxylic acid groups (broad SMARTS) is 1. The Hall–Kier alpha value is -2.84. The largest absolute Gasteiger partial charge is 0.465 e. The number of benzene rings is 2. The van der Waals surface area contributed by atoms with Crippen molar-refractivity contribution in [2.75, 3.05) is 10.2 Å². The van der Waals surface area contributed by atoms with Gasteiger partial charge in [0.15, 0.2) is 0 Å². The molecule has 3 atom stereocenters. The second-order valence-corrected chi connectivity index (χ2v) is 10.9. The number of anilines is 2. The monoisotopic (exact) mass is 467 g/mol. The van der Waals surface area contributed by atoms with E-state index in [0.29, 0.717) is 5.69 Å². The van der Waals surface area contributed by atoms with Gasteiger partial charge in [-0.3, -0.25) is 4.90 Å². The number of allylic oxidation sites excluding steroid dienone is 2. The molecule has 3 aliphatic rings. The molecular formula is C25H29N3O4S. The van der Waals surface area contributed by atoms with E-state index in [0.717, 1.165) is 48.9 Å². The Kier molecular flexibility index (Phi) is 5.66. The number of fused-ring (bicyclic) bond motifs is 3. The van der Waals surface area contributed by atoms with E-state index < -0.39 is 16.1 Å². The van der Waals surface area contributed by atoms with E-state index >= 15 is 0 Å². The molecule has 1 saturated carbocycles. The van der Waals surface area contributed by atoms with Crippen molar-refractivity contribution in [2.24, 2.45) is 11.1 Å². The van der Waals surface area contributed by atoms with Gasteiger partial charge in [-0.1, -0.05) is 43.5 Å². The summed E-state index contributed by atoms with van der Waals surface area (Å²) < 4.78 is 23.7. The van der Waals surface area contributed by atoms with Crippen LogP contribution in [0.25, 0.3) is 0 Å². The number of sulfonamides is 1. The van der Waals surface area contributed by atoms with Gasteiger partial charge in [-0.2, -0.15) is 0 Å². The number of nitrogens with two attached hydrogens (primary N) is 1. The Bertz CT molecular complexity index is 1190. The molecule has 8 heteroatoms. The molecule has 2 aromatic carbocycles. The van der Waals surface area contributed by atoms with Crippen molar-refractivity contribution in [1.82, 2.24) is 0 Å². The van der Waals surface area contributed by atoms with Crippen LogP contribution < -0.4 is 15.4 Å². The van der Waals surface area contributed by atoms with Crippen molar-refractivity contribution in [2.45, 2.75) is 61.4 Å². The number of carbonyl (C=O) groups is 1. The van der Waals surface area contributed by atoms with Crippen LogP contribution >= 0.6 is 0 Å². The van der Waals surface area contributed by atoms with Crippen molar-refractivity contribution >= 4 is 27.5 Å². The standard InChI is InChI=1S/C25H29N3O4S/c26-33(31,32)19-13-14-23-22(15-19)20-7-4-8-21(20)24(27-23)16-9-11-18(12-10-16)28(25(29)30)17-5-2-1-3-6-17/h4,7,9-15,17,20-21,24,27H,1-3,5-6,8H2,(H,29,30)(H2,26,31,32). The maximum atomic E-state index is 12.0. The summed E-state index contributed by atoms with van der Waals surface area (Å²) in [6, 6.07) is 12.9. The fourth-order valence-electron chi connectivity index (χ4n) is 5.74. The van der Waals surface area contributed by atoms with E-state index in [9.17, 15) is 18.3 Å². The minimum absolute atomic E-state index is 0.0400. The smallest absolute Gasteiger partial charge is 0.412 e. The van der Waals surface area contributed by atoms with Gasteiger partial charge >= 0.3 is 6.09 Å². The summed E-state index contributed by atoms with van der Waals surface area (Å²) in [6.45, 7) is 0. The molecule has 2 aromatic rings. The summed E-state index contributed by atoms with van der Waals surface area (Å²) in [7, 11) is -3.76. The van der Waals surface area contributed by atoms with Gasteiger partial charge in [-0.25, -0.2) is 18.4 Å². The van der Waals surface area contributed by atoms with Gasteiger partial charge in [0.2, 0.25) is 10.0 Å². The molecule has 174 valence electrons. The van der Waals surface area contributed by atoms with Crippen LogP contribution in [0.1, 0.15) is 61.6 Å². The first-order chi connectivity index (χ1) is 15.8. The molecule has 0 radical (unpaired) electrons. The zero-order chi connectivity index (χ0) is 23.2. The van der Waals surface area contributed by atoms with Gasteiger partial charge < -0.3 is 10.4 Å². The lowest BCUT2D eigenvalue weighted by molar-refractivity contribution is 0.196. The Morgan fingerprint density at radius 1 is 1.06 bits per heavy atom. The van der Waals surface area contributed by atoms with Gasteiger partial charge in [-0.05, 0) is 66.6 Å². The Morgan fingerprint density at radius 2 is 1.79 bits per heavy atom. The Labute approximate surface area is 194 Å². The molecular weight excluding hydrogens is 438 g/mol. The molecule has 5 rings (SSSR count). The summed E-state index contributed by atoms with van der Waals surface area (Å²) in [4.78, 5) is 13.7. The van der Waals surface area contributed by atoms with Gasteiger partial charge in [-0.15, -0.1) is 0 Å². The summed E-state index contributed by atoms with van der Waals surface area (Å²) in [5, 5.41) is 18.8. The lowest BCUT2D eigenvalue weighted by Crippen LogP contribution is -2.40. The molecule has 3 unspecified atom stereocenters. The molecule has 0 bridgehead atoms. The molecule has 0 saturated heterocycles. The highest BCUT2D eigenvalue weighted by Gasteiger charge is 2.38. The van der Waals surface area contributed by atoms with Gasteiger partial charge in [0.1, 0.15) is 0 Å². The molecule has 0 spiro atoms. The number of amides is 1. The van der Waals surface area contributed by atoms with Crippen molar-refractivity contribution in [3.63, 3.8) is 0 Å². The van der Waals surface area contributed by atoms with Gasteiger partial charge in [0, 0.05) is 23.3 Å². The predicted molar refractivity (Wildman–Crippen MR) is 128 cm³/mol. The molecule has 0 aromatic heterocycles. The highest BCUT2D eigenvalue weighted by atomic mass is 32.2. The number of nitrogens with one attached hydrogen (secondary N) is 1. The summed E-state index contributed by atoms with van der Waals surface area (Å²) in [6.07, 6.45) is 9.41. The van der Waals surface area contributed by atoms with Crippen LogP contribution in [0.5, 0.6) is 0 Å². The molecule has 7 nitrogen and oxygen atoms in total. The quantitative estimate of drug-likeness (QED) is 0.549. The fourth-order valence-corrected chi connectivity index (χ4v) is 6.29. The average molecular weight is 468 g/mol. The SMILES string of the molecule is NS(=O)(=O)c1ccc2c(c1)C1C=CCC1C(c1ccc(N(C(=O)O)C3CCCCC3)cc1)N2. The van der Waals surface area contributed by atoms with Crippen LogP contribution in [-0.2, 0) is 10.0 Å². The number of hydrogen-bond acceptors (Lipinski definition) is 4. The second-order valence-electron chi connectivity index (χ2n) is 9.31. The highest BCUT2D eigenvalue weighted by molar-refractivity contribution is 7.89. The second kappa shape index (κ2) is 8.50. The number of rotatable bonds is 4. The topological polar surface area (TPSA) is 113 Å². The van der Waals surface area contributed by atoms with E-state index in [1.54, 1.807) is 12.1 Å². The third-order valence-corrected chi connectivity index (χ3v) is 8.25. The first-order valence-electron chi connectivity index (χ1n) is 11.5. The lowest BCUT2D eigenvalue weighted by atomic mass is 9.77. The number of nitrogens with zero attached hydrogens (tertiary/aromatic N) is 1. The van der Waals surface area contributed by atoms with Crippen LogP contribution in [0.3, 0.4) is 0 Å². The first-order valence-corrected chi connectivity index (χ1v) is 13.1. The van der Waals surface area contributed by atoms with Crippen molar-refractivity contribution in [3.05, 3.63) is 65.7 Å². The fraction of sp³-hybridized carbons (Fsp3) is 0.400. The molecule has 4 N–H and O–H groups in total. The molecule has 33 heavy (non-hydrogen) atoms. The molecule has 2 aliphatic carbocycles. The average Bonchev–Trinajstić information content (AvgIpc) is 3.29. The molecule has 1 amide bonds. The third kappa shape index (κ3) is 4.13. The summed E-state index contributed by atoms with van der Waals surface area (Å²) in [5.74, 6) is 0.346. The van der Waals surface area contributed by atoms with E-state index in [-0.39, 0.29) is 28.8 Å². The van der Waals surface area contributed by atoms with E-state index in [2.05, 4.69) is 17.5 Å². The summed E-state index contributed by atoms with van der Waals surface area (Å²) >= 11 is 0. The zero-order valence-electron chi connectivity index (χ0n) is 18.4.